The zero-order valence-electron chi connectivity index (χ0n) is 18.4. The van der Waals surface area contributed by atoms with E-state index in [2.05, 4.69) is 27.8 Å². The summed E-state index contributed by atoms with van der Waals surface area (Å²) in [6.07, 6.45) is 4.64. The molecule has 0 spiro atoms. The standard InChI is InChI=1S/C22H21FN4O2S.C2H6/c1-27(18-6-2-4-16(12-18)15-8-10-24-11-9-15)22(28)26-21-25-14-20(30-21)29-19-7-3-5-17(23)13-19;1-2/h2-8,12-14,24H,9-11H2,1H3,(H,25,26,28);1-2H3. The lowest BCUT2D eigenvalue weighted by Gasteiger charge is -2.20. The van der Waals surface area contributed by atoms with Crippen molar-refractivity contribution in [2.75, 3.05) is 30.4 Å². The maximum absolute atomic E-state index is 13.3. The molecular weight excluding hydrogens is 427 g/mol. The first-order valence-electron chi connectivity index (χ1n) is 10.5. The molecule has 0 aliphatic carbocycles. The molecule has 2 amide bonds. The number of anilines is 2. The molecule has 0 saturated carbocycles. The zero-order valence-corrected chi connectivity index (χ0v) is 19.2. The van der Waals surface area contributed by atoms with Crippen molar-refractivity contribution < 1.29 is 13.9 Å². The van der Waals surface area contributed by atoms with Crippen LogP contribution in [-0.2, 0) is 0 Å². The van der Waals surface area contributed by atoms with Gasteiger partial charge in [-0.05, 0) is 48.4 Å². The Morgan fingerprint density at radius 1 is 1.22 bits per heavy atom. The number of carbonyl (C=O) groups excluding carboxylic acids is 1. The Hall–Kier alpha value is -3.23. The molecule has 2 heterocycles. The Morgan fingerprint density at radius 2 is 2.03 bits per heavy atom. The van der Waals surface area contributed by atoms with E-state index >= 15 is 0 Å². The third-order valence-electron chi connectivity index (χ3n) is 4.69. The van der Waals surface area contributed by atoms with Gasteiger partial charge in [-0.25, -0.2) is 14.2 Å². The average Bonchev–Trinajstić information content (AvgIpc) is 3.27. The van der Waals surface area contributed by atoms with Crippen LogP contribution in [0.2, 0.25) is 0 Å². The third kappa shape index (κ3) is 6.15. The van der Waals surface area contributed by atoms with Crippen LogP contribution in [0.15, 0.2) is 60.8 Å². The molecule has 0 bridgehead atoms. The highest BCUT2D eigenvalue weighted by atomic mass is 32.1. The molecule has 0 radical (unpaired) electrons. The second kappa shape index (κ2) is 11.4. The van der Waals surface area contributed by atoms with Crippen LogP contribution in [0.3, 0.4) is 0 Å². The first-order valence-corrected chi connectivity index (χ1v) is 11.3. The lowest BCUT2D eigenvalue weighted by molar-refractivity contribution is 0.258. The number of halogens is 1. The minimum absolute atomic E-state index is 0.307. The number of hydrogen-bond acceptors (Lipinski definition) is 5. The zero-order chi connectivity index (χ0) is 22.9. The molecule has 0 atom stereocenters. The van der Waals surface area contributed by atoms with Gasteiger partial charge in [-0.1, -0.05) is 49.5 Å². The van der Waals surface area contributed by atoms with Gasteiger partial charge in [-0.15, -0.1) is 0 Å². The molecule has 4 rings (SSSR count). The minimum Gasteiger partial charge on any atom is -0.445 e. The Balaban J connectivity index is 0.00000141. The number of nitrogens with one attached hydrogen (secondary N) is 2. The molecule has 0 unspecified atom stereocenters. The largest absolute Gasteiger partial charge is 0.445 e. The Labute approximate surface area is 191 Å². The number of urea groups is 1. The smallest absolute Gasteiger partial charge is 0.327 e. The second-order valence-corrected chi connectivity index (χ2v) is 7.76. The van der Waals surface area contributed by atoms with Crippen LogP contribution in [0.4, 0.5) is 20.0 Å². The van der Waals surface area contributed by atoms with E-state index in [9.17, 15) is 9.18 Å². The fourth-order valence-electron chi connectivity index (χ4n) is 3.10. The fraction of sp³-hybridized carbons (Fsp3) is 0.250. The van der Waals surface area contributed by atoms with Crippen molar-refractivity contribution in [1.29, 1.82) is 0 Å². The van der Waals surface area contributed by atoms with Gasteiger partial charge in [0, 0.05) is 25.3 Å². The highest BCUT2D eigenvalue weighted by Crippen LogP contribution is 2.31. The highest BCUT2D eigenvalue weighted by Gasteiger charge is 2.15. The lowest BCUT2D eigenvalue weighted by atomic mass is 10.00. The summed E-state index contributed by atoms with van der Waals surface area (Å²) in [6.45, 7) is 5.82. The van der Waals surface area contributed by atoms with E-state index in [0.717, 1.165) is 30.8 Å². The monoisotopic (exact) mass is 454 g/mol. The molecule has 1 aliphatic heterocycles. The van der Waals surface area contributed by atoms with Crippen molar-refractivity contribution in [3.63, 3.8) is 0 Å². The normalized spacial score (nSPS) is 12.8. The molecule has 32 heavy (non-hydrogen) atoms. The van der Waals surface area contributed by atoms with Gasteiger partial charge in [0.15, 0.2) is 5.13 Å². The van der Waals surface area contributed by atoms with Gasteiger partial charge in [0.2, 0.25) is 5.06 Å². The van der Waals surface area contributed by atoms with E-state index in [-0.39, 0.29) is 11.8 Å². The topological polar surface area (TPSA) is 66.5 Å². The van der Waals surface area contributed by atoms with Crippen molar-refractivity contribution in [3.05, 3.63) is 72.2 Å². The predicted molar refractivity (Wildman–Crippen MR) is 129 cm³/mol. The van der Waals surface area contributed by atoms with Gasteiger partial charge in [-0.3, -0.25) is 10.2 Å². The number of nitrogens with zero attached hydrogens (tertiary/aromatic N) is 2. The maximum atomic E-state index is 13.3. The minimum atomic E-state index is -0.380. The van der Waals surface area contributed by atoms with E-state index in [1.165, 1.54) is 35.2 Å². The number of rotatable bonds is 5. The van der Waals surface area contributed by atoms with E-state index in [0.29, 0.717) is 15.9 Å². The van der Waals surface area contributed by atoms with Crippen LogP contribution in [0, 0.1) is 5.82 Å². The fourth-order valence-corrected chi connectivity index (χ4v) is 3.78. The molecule has 1 aromatic heterocycles. The second-order valence-electron chi connectivity index (χ2n) is 6.77. The van der Waals surface area contributed by atoms with Crippen molar-refractivity contribution in [2.45, 2.75) is 20.3 Å². The Kier molecular flexibility index (Phi) is 8.35. The molecule has 1 aliphatic rings. The van der Waals surface area contributed by atoms with Crippen LogP contribution >= 0.6 is 11.3 Å². The molecule has 8 heteroatoms. The summed E-state index contributed by atoms with van der Waals surface area (Å²) in [5.41, 5.74) is 3.19. The van der Waals surface area contributed by atoms with Gasteiger partial charge in [-0.2, -0.15) is 0 Å². The summed E-state index contributed by atoms with van der Waals surface area (Å²) in [4.78, 5) is 18.4. The highest BCUT2D eigenvalue weighted by molar-refractivity contribution is 7.17. The summed E-state index contributed by atoms with van der Waals surface area (Å²) >= 11 is 1.17. The quantitative estimate of drug-likeness (QED) is 0.486. The number of aromatic nitrogens is 1. The van der Waals surface area contributed by atoms with Crippen LogP contribution in [-0.4, -0.2) is 31.2 Å². The number of benzene rings is 2. The number of carbonyl (C=O) groups is 1. The van der Waals surface area contributed by atoms with Crippen LogP contribution in [0.5, 0.6) is 10.8 Å². The molecule has 3 aromatic rings. The lowest BCUT2D eigenvalue weighted by Crippen LogP contribution is -2.31. The van der Waals surface area contributed by atoms with Crippen molar-refractivity contribution in [1.82, 2.24) is 10.3 Å². The molecule has 6 nitrogen and oxygen atoms in total. The van der Waals surface area contributed by atoms with Gasteiger partial charge >= 0.3 is 6.03 Å². The van der Waals surface area contributed by atoms with E-state index in [1.54, 1.807) is 24.1 Å². The molecule has 2 N–H and O–H groups in total. The van der Waals surface area contributed by atoms with Crippen LogP contribution < -0.4 is 20.3 Å². The van der Waals surface area contributed by atoms with Crippen molar-refractivity contribution in [3.8, 4) is 10.8 Å². The third-order valence-corrected chi connectivity index (χ3v) is 5.48. The molecule has 0 fully saturated rings. The summed E-state index contributed by atoms with van der Waals surface area (Å²) < 4.78 is 18.9. The molecular formula is C24H27FN4O2S. The molecule has 168 valence electrons. The van der Waals surface area contributed by atoms with Gasteiger partial charge in [0.25, 0.3) is 0 Å². The Bertz CT molecular complexity index is 1080. The van der Waals surface area contributed by atoms with Crippen LogP contribution in [0.1, 0.15) is 25.8 Å². The number of thiazole rings is 1. The SMILES string of the molecule is CC.CN(C(=O)Nc1ncc(Oc2cccc(F)c2)s1)c1cccc(C2=CCNCC2)c1. The summed E-state index contributed by atoms with van der Waals surface area (Å²) in [6, 6.07) is 13.5. The summed E-state index contributed by atoms with van der Waals surface area (Å²) in [7, 11) is 1.71. The van der Waals surface area contributed by atoms with Crippen molar-refractivity contribution in [2.24, 2.45) is 0 Å². The predicted octanol–water partition coefficient (Wildman–Crippen LogP) is 6.15. The molecule has 0 saturated heterocycles. The van der Waals surface area contributed by atoms with Crippen LogP contribution in [0.25, 0.3) is 5.57 Å². The van der Waals surface area contributed by atoms with Gasteiger partial charge in [0.1, 0.15) is 11.6 Å². The van der Waals surface area contributed by atoms with Gasteiger partial charge in [0.05, 0.1) is 6.20 Å². The average molecular weight is 455 g/mol. The van der Waals surface area contributed by atoms with E-state index < -0.39 is 0 Å². The summed E-state index contributed by atoms with van der Waals surface area (Å²) in [5, 5.41) is 6.93. The first kappa shape index (κ1) is 23.4. The van der Waals surface area contributed by atoms with Crippen molar-refractivity contribution >= 4 is 33.8 Å². The Morgan fingerprint density at radius 3 is 2.78 bits per heavy atom. The maximum Gasteiger partial charge on any atom is 0.327 e. The van der Waals surface area contributed by atoms with E-state index in [4.69, 9.17) is 4.74 Å². The first-order chi connectivity index (χ1) is 15.6. The number of hydrogen-bond donors (Lipinski definition) is 2. The number of ether oxygens (including phenoxy) is 1. The number of amides is 2. The van der Waals surface area contributed by atoms with Gasteiger partial charge < -0.3 is 10.1 Å². The van der Waals surface area contributed by atoms with E-state index in [1.807, 2.05) is 32.0 Å². The summed E-state index contributed by atoms with van der Waals surface area (Å²) in [5.74, 6) is -0.00710. The molecule has 2 aromatic carbocycles.